The number of unbranched alkanes of at least 4 members (excludes halogenated alkanes) is 1. The Morgan fingerprint density at radius 1 is 1.32 bits per heavy atom. The van der Waals surface area contributed by atoms with Crippen molar-refractivity contribution in [3.05, 3.63) is 40.9 Å². The predicted molar refractivity (Wildman–Crippen MR) is 86.3 cm³/mol. The van der Waals surface area contributed by atoms with E-state index in [1.807, 2.05) is 30.3 Å². The number of hydrogen-bond donors (Lipinski definition) is 2. The summed E-state index contributed by atoms with van der Waals surface area (Å²) in [7, 11) is 0. The van der Waals surface area contributed by atoms with Crippen LogP contribution in [0.4, 0.5) is 5.69 Å². The average molecular weight is 318 g/mol. The largest absolute Gasteiger partial charge is 0.477 e. The number of amides is 1. The first-order valence-electron chi connectivity index (χ1n) is 7.41. The van der Waals surface area contributed by atoms with E-state index in [1.165, 1.54) is 16.7 Å². The maximum atomic E-state index is 11.5. The number of carbonyl (C=O) groups excluding carboxylic acids is 1. The van der Waals surface area contributed by atoms with E-state index in [1.54, 1.807) is 0 Å². The van der Waals surface area contributed by atoms with Gasteiger partial charge in [-0.25, -0.2) is 4.79 Å². The molecule has 6 heteroatoms. The molecular weight excluding hydrogens is 300 g/mol. The highest BCUT2D eigenvalue weighted by atomic mass is 32.2. The molecule has 0 bridgehead atoms. The van der Waals surface area contributed by atoms with Gasteiger partial charge in [-0.3, -0.25) is 9.69 Å². The van der Waals surface area contributed by atoms with E-state index in [4.69, 9.17) is 0 Å². The summed E-state index contributed by atoms with van der Waals surface area (Å²) in [6.45, 7) is 0.858. The highest BCUT2D eigenvalue weighted by molar-refractivity contribution is 8.04. The third-order valence-electron chi connectivity index (χ3n) is 3.83. The number of β-lactam (4-membered cyclic amide) rings is 1. The summed E-state index contributed by atoms with van der Waals surface area (Å²) >= 11 is 1.54. The third-order valence-corrected chi connectivity index (χ3v) is 5.16. The second-order valence-electron chi connectivity index (χ2n) is 5.37. The number of thioether (sulfide) groups is 1. The number of carbonyl (C=O) groups is 2. The molecule has 3 rings (SSSR count). The fourth-order valence-electron chi connectivity index (χ4n) is 2.70. The zero-order chi connectivity index (χ0) is 15.5. The van der Waals surface area contributed by atoms with Crippen LogP contribution in [0.1, 0.15) is 25.7 Å². The Hall–Kier alpha value is -1.95. The molecule has 1 amide bonds. The lowest BCUT2D eigenvalue weighted by Gasteiger charge is -2.33. The van der Waals surface area contributed by atoms with Gasteiger partial charge in [-0.15, -0.1) is 11.8 Å². The fraction of sp³-hybridized carbons (Fsp3) is 0.375. The number of benzene rings is 1. The number of carboxylic acid groups (broad SMARTS) is 1. The SMILES string of the molecule is O=C(O)C1=C(CCCCNc2ccccc2)S[C@@H]2CC(=O)N12. The van der Waals surface area contributed by atoms with Crippen LogP contribution in [0.5, 0.6) is 0 Å². The molecule has 2 aliphatic rings. The predicted octanol–water partition coefficient (Wildman–Crippen LogP) is 2.87. The van der Waals surface area contributed by atoms with E-state index >= 15 is 0 Å². The number of para-hydroxylation sites is 1. The van der Waals surface area contributed by atoms with E-state index in [0.717, 1.165) is 36.4 Å². The summed E-state index contributed by atoms with van der Waals surface area (Å²) in [6.07, 6.45) is 3.06. The molecule has 0 unspecified atom stereocenters. The lowest BCUT2D eigenvalue weighted by Crippen LogP contribution is -2.48. The van der Waals surface area contributed by atoms with Crippen LogP contribution in [0.15, 0.2) is 40.9 Å². The lowest BCUT2D eigenvalue weighted by molar-refractivity contribution is -0.145. The summed E-state index contributed by atoms with van der Waals surface area (Å²) in [5.41, 5.74) is 1.31. The van der Waals surface area contributed by atoms with Gasteiger partial charge in [-0.05, 0) is 31.4 Å². The van der Waals surface area contributed by atoms with E-state index in [0.29, 0.717) is 6.42 Å². The van der Waals surface area contributed by atoms with Crippen LogP contribution in [0.2, 0.25) is 0 Å². The van der Waals surface area contributed by atoms with Gasteiger partial charge in [0.25, 0.3) is 0 Å². The average Bonchev–Trinajstić information content (AvgIpc) is 2.80. The number of aliphatic carboxylic acids is 1. The van der Waals surface area contributed by atoms with E-state index in [9.17, 15) is 14.7 Å². The van der Waals surface area contributed by atoms with Crippen molar-refractivity contribution in [2.45, 2.75) is 31.1 Å². The summed E-state index contributed by atoms with van der Waals surface area (Å²) in [6, 6.07) is 10.0. The fourth-order valence-corrected chi connectivity index (χ4v) is 4.15. The molecule has 0 spiro atoms. The standard InChI is InChI=1S/C16H18N2O3S/c19-13-10-14-18(13)15(16(20)21)12(22-14)8-4-5-9-17-11-6-2-1-3-7-11/h1-3,6-7,14,17H,4-5,8-10H2,(H,20,21)/t14-/m1/s1. The Balaban J connectivity index is 1.47. The second-order valence-corrected chi connectivity index (χ2v) is 6.64. The van der Waals surface area contributed by atoms with Crippen molar-refractivity contribution < 1.29 is 14.7 Å². The quantitative estimate of drug-likeness (QED) is 0.597. The molecule has 1 atom stereocenters. The minimum atomic E-state index is -0.986. The molecule has 1 saturated heterocycles. The molecule has 2 aliphatic heterocycles. The van der Waals surface area contributed by atoms with Crippen LogP contribution in [-0.2, 0) is 9.59 Å². The van der Waals surface area contributed by atoms with Crippen molar-refractivity contribution in [2.24, 2.45) is 0 Å². The minimum absolute atomic E-state index is 0.0241. The zero-order valence-electron chi connectivity index (χ0n) is 12.1. The van der Waals surface area contributed by atoms with Crippen molar-refractivity contribution in [3.63, 3.8) is 0 Å². The summed E-state index contributed by atoms with van der Waals surface area (Å²) in [5, 5.41) is 12.7. The molecule has 1 fully saturated rings. The van der Waals surface area contributed by atoms with Gasteiger partial charge in [0.2, 0.25) is 5.91 Å². The van der Waals surface area contributed by atoms with Crippen LogP contribution < -0.4 is 5.32 Å². The Morgan fingerprint density at radius 3 is 2.77 bits per heavy atom. The number of fused-ring (bicyclic) bond motifs is 1. The number of rotatable bonds is 7. The van der Waals surface area contributed by atoms with Crippen molar-refractivity contribution in [2.75, 3.05) is 11.9 Å². The highest BCUT2D eigenvalue weighted by Crippen LogP contribution is 2.47. The van der Waals surface area contributed by atoms with Gasteiger partial charge >= 0.3 is 5.97 Å². The van der Waals surface area contributed by atoms with Crippen molar-refractivity contribution in [3.8, 4) is 0 Å². The molecule has 0 aromatic heterocycles. The number of allylic oxidation sites excluding steroid dienone is 1. The Labute approximate surface area is 133 Å². The molecule has 2 N–H and O–H groups in total. The first-order chi connectivity index (χ1) is 10.7. The Morgan fingerprint density at radius 2 is 2.09 bits per heavy atom. The normalized spacial score (nSPS) is 19.9. The van der Waals surface area contributed by atoms with Crippen LogP contribution in [-0.4, -0.2) is 33.8 Å². The van der Waals surface area contributed by atoms with Gasteiger partial charge in [-0.2, -0.15) is 0 Å². The molecule has 22 heavy (non-hydrogen) atoms. The van der Waals surface area contributed by atoms with Crippen molar-refractivity contribution in [1.82, 2.24) is 4.90 Å². The molecule has 5 nitrogen and oxygen atoms in total. The molecule has 2 heterocycles. The summed E-state index contributed by atoms with van der Waals surface area (Å²) < 4.78 is 0. The van der Waals surface area contributed by atoms with E-state index in [-0.39, 0.29) is 17.0 Å². The van der Waals surface area contributed by atoms with Gasteiger partial charge in [0.15, 0.2) is 0 Å². The van der Waals surface area contributed by atoms with Crippen molar-refractivity contribution in [1.29, 1.82) is 0 Å². The molecule has 116 valence electrons. The summed E-state index contributed by atoms with van der Waals surface area (Å²) in [5.74, 6) is -1.06. The highest BCUT2D eigenvalue weighted by Gasteiger charge is 2.47. The lowest BCUT2D eigenvalue weighted by atomic mass is 10.1. The first kappa shape index (κ1) is 15.0. The van der Waals surface area contributed by atoms with E-state index < -0.39 is 5.97 Å². The molecule has 1 aromatic carbocycles. The topological polar surface area (TPSA) is 69.6 Å². The molecular formula is C16H18N2O3S. The number of carboxylic acids is 1. The van der Waals surface area contributed by atoms with Gasteiger partial charge in [0.1, 0.15) is 5.70 Å². The first-order valence-corrected chi connectivity index (χ1v) is 8.29. The molecule has 1 aromatic rings. The van der Waals surface area contributed by atoms with Gasteiger partial charge in [0, 0.05) is 17.1 Å². The van der Waals surface area contributed by atoms with Gasteiger partial charge < -0.3 is 10.4 Å². The monoisotopic (exact) mass is 318 g/mol. The Kier molecular flexibility index (Phi) is 4.38. The maximum absolute atomic E-state index is 11.5. The summed E-state index contributed by atoms with van der Waals surface area (Å²) in [4.78, 5) is 25.1. The number of anilines is 1. The third kappa shape index (κ3) is 2.97. The number of nitrogens with zero attached hydrogens (tertiary/aromatic N) is 1. The van der Waals surface area contributed by atoms with Crippen molar-refractivity contribution >= 4 is 29.3 Å². The number of hydrogen-bond acceptors (Lipinski definition) is 4. The smallest absolute Gasteiger partial charge is 0.353 e. The van der Waals surface area contributed by atoms with E-state index in [2.05, 4.69) is 5.32 Å². The molecule has 0 saturated carbocycles. The number of nitrogens with one attached hydrogen (secondary N) is 1. The van der Waals surface area contributed by atoms with Crippen LogP contribution in [0.25, 0.3) is 0 Å². The molecule has 0 radical (unpaired) electrons. The van der Waals surface area contributed by atoms with Gasteiger partial charge in [0.05, 0.1) is 11.8 Å². The maximum Gasteiger partial charge on any atom is 0.353 e. The van der Waals surface area contributed by atoms with Crippen LogP contribution in [0, 0.1) is 0 Å². The van der Waals surface area contributed by atoms with Gasteiger partial charge in [-0.1, -0.05) is 18.2 Å². The zero-order valence-corrected chi connectivity index (χ0v) is 12.9. The second kappa shape index (κ2) is 6.44. The minimum Gasteiger partial charge on any atom is -0.477 e. The Bertz CT molecular complexity index is 615. The van der Waals surface area contributed by atoms with Crippen LogP contribution in [0.3, 0.4) is 0 Å². The molecule has 0 aliphatic carbocycles. The van der Waals surface area contributed by atoms with Crippen LogP contribution >= 0.6 is 11.8 Å².